The van der Waals surface area contributed by atoms with Crippen molar-refractivity contribution in [3.05, 3.63) is 35.9 Å². The molecule has 3 N–H and O–H groups in total. The number of fused-ring (bicyclic) bond motifs is 1. The highest BCUT2D eigenvalue weighted by Gasteiger charge is 2.44. The maximum Gasteiger partial charge on any atom is 0.407 e. The fourth-order valence-corrected chi connectivity index (χ4v) is 3.59. The van der Waals surface area contributed by atoms with Gasteiger partial charge < -0.3 is 30.0 Å². The van der Waals surface area contributed by atoms with Crippen LogP contribution in [0.5, 0.6) is 0 Å². The molecule has 2 aliphatic heterocycles. The third-order valence-electron chi connectivity index (χ3n) is 5.09. The van der Waals surface area contributed by atoms with Crippen LogP contribution in [0.4, 0.5) is 4.79 Å². The lowest BCUT2D eigenvalue weighted by molar-refractivity contribution is -0.0907. The molecule has 27 heavy (non-hydrogen) atoms. The number of nitrogens with one attached hydrogen (secondary N) is 2. The van der Waals surface area contributed by atoms with Crippen molar-refractivity contribution in [1.82, 2.24) is 10.6 Å². The van der Waals surface area contributed by atoms with Crippen molar-refractivity contribution in [1.29, 1.82) is 0 Å². The number of carbonyl (C=O) groups excluding carboxylic acids is 1. The summed E-state index contributed by atoms with van der Waals surface area (Å²) in [5.41, 5.74) is 1.05. The Hall–Kier alpha value is -1.67. The standard InChI is InChI=1S/C20H30N2O5/c1-2-9-21-12-17(23)16(11-14-6-4-3-5-7-14)22-20(24)27-18-13-26-19-15(18)8-10-25-19/h3-7,15-19,21,23H,2,8-13H2,1H3,(H,22,24)/t15?,16-,17+,18-,19?/m0/s1. The molecule has 7 heteroatoms. The Morgan fingerprint density at radius 1 is 1.33 bits per heavy atom. The Morgan fingerprint density at radius 3 is 2.93 bits per heavy atom. The largest absolute Gasteiger partial charge is 0.443 e. The molecule has 5 atom stereocenters. The van der Waals surface area contributed by atoms with Crippen molar-refractivity contribution < 1.29 is 24.1 Å². The molecular formula is C20H30N2O5. The van der Waals surface area contributed by atoms with Gasteiger partial charge in [-0.05, 0) is 31.4 Å². The van der Waals surface area contributed by atoms with Gasteiger partial charge in [-0.25, -0.2) is 4.79 Å². The lowest BCUT2D eigenvalue weighted by atomic mass is 10.0. The van der Waals surface area contributed by atoms with Gasteiger partial charge in [0.2, 0.25) is 0 Å². The van der Waals surface area contributed by atoms with E-state index in [0.29, 0.717) is 26.2 Å². The number of hydrogen-bond acceptors (Lipinski definition) is 6. The molecule has 2 unspecified atom stereocenters. The predicted octanol–water partition coefficient (Wildman–Crippen LogP) is 1.45. The number of aliphatic hydroxyl groups excluding tert-OH is 1. The van der Waals surface area contributed by atoms with Crippen LogP contribution in [-0.4, -0.2) is 62.0 Å². The molecule has 0 radical (unpaired) electrons. The van der Waals surface area contributed by atoms with Crippen LogP contribution in [0.15, 0.2) is 30.3 Å². The molecule has 2 saturated heterocycles. The van der Waals surface area contributed by atoms with Crippen molar-refractivity contribution in [2.75, 3.05) is 26.3 Å². The molecule has 1 aromatic carbocycles. The number of aliphatic hydroxyl groups is 1. The Bertz CT molecular complexity index is 585. The van der Waals surface area contributed by atoms with Crippen LogP contribution in [0, 0.1) is 5.92 Å². The van der Waals surface area contributed by atoms with Crippen LogP contribution in [0.2, 0.25) is 0 Å². The van der Waals surface area contributed by atoms with Gasteiger partial charge in [0.1, 0.15) is 6.10 Å². The summed E-state index contributed by atoms with van der Waals surface area (Å²) in [6, 6.07) is 9.36. The van der Waals surface area contributed by atoms with Gasteiger partial charge in [0.15, 0.2) is 6.29 Å². The number of alkyl carbamates (subject to hydrolysis) is 1. The van der Waals surface area contributed by atoms with Crippen LogP contribution >= 0.6 is 0 Å². The minimum absolute atomic E-state index is 0.0967. The van der Waals surface area contributed by atoms with E-state index < -0.39 is 18.2 Å². The molecule has 0 saturated carbocycles. The lowest BCUT2D eigenvalue weighted by Gasteiger charge is -2.26. The second-order valence-corrected chi connectivity index (χ2v) is 7.18. The molecule has 1 amide bonds. The van der Waals surface area contributed by atoms with Crippen molar-refractivity contribution in [3.8, 4) is 0 Å². The summed E-state index contributed by atoms with van der Waals surface area (Å²) in [6.45, 7) is 4.29. The highest BCUT2D eigenvalue weighted by molar-refractivity contribution is 5.68. The zero-order valence-corrected chi connectivity index (χ0v) is 15.8. The van der Waals surface area contributed by atoms with E-state index in [0.717, 1.165) is 24.9 Å². The Kier molecular flexibility index (Phi) is 7.46. The van der Waals surface area contributed by atoms with Crippen LogP contribution in [0.3, 0.4) is 0 Å². The quantitative estimate of drug-likeness (QED) is 0.564. The summed E-state index contributed by atoms with van der Waals surface area (Å²) < 4.78 is 16.6. The van der Waals surface area contributed by atoms with Gasteiger partial charge in [0, 0.05) is 6.54 Å². The summed E-state index contributed by atoms with van der Waals surface area (Å²) in [5, 5.41) is 16.6. The number of amides is 1. The number of benzene rings is 1. The highest BCUT2D eigenvalue weighted by atomic mass is 16.7. The molecule has 0 bridgehead atoms. The van der Waals surface area contributed by atoms with E-state index in [4.69, 9.17) is 14.2 Å². The predicted molar refractivity (Wildman–Crippen MR) is 100 cm³/mol. The van der Waals surface area contributed by atoms with Crippen LogP contribution in [-0.2, 0) is 20.6 Å². The number of rotatable bonds is 9. The summed E-state index contributed by atoms with van der Waals surface area (Å²) >= 11 is 0. The average Bonchev–Trinajstić information content (AvgIpc) is 3.27. The second-order valence-electron chi connectivity index (χ2n) is 7.18. The topological polar surface area (TPSA) is 89.1 Å². The molecule has 0 spiro atoms. The van der Waals surface area contributed by atoms with Gasteiger partial charge in [-0.1, -0.05) is 37.3 Å². The van der Waals surface area contributed by atoms with Crippen LogP contribution in [0.25, 0.3) is 0 Å². The first-order valence-electron chi connectivity index (χ1n) is 9.80. The van der Waals surface area contributed by atoms with Crippen molar-refractivity contribution in [2.45, 2.75) is 50.7 Å². The molecule has 2 fully saturated rings. The molecule has 1 aromatic rings. The summed E-state index contributed by atoms with van der Waals surface area (Å²) in [5.74, 6) is 0.0967. The van der Waals surface area contributed by atoms with Crippen molar-refractivity contribution in [3.63, 3.8) is 0 Å². The number of hydrogen-bond donors (Lipinski definition) is 3. The van der Waals surface area contributed by atoms with E-state index in [1.807, 2.05) is 30.3 Å². The molecule has 2 heterocycles. The molecule has 0 aromatic heterocycles. The summed E-state index contributed by atoms with van der Waals surface area (Å²) in [4.78, 5) is 12.5. The third kappa shape index (κ3) is 5.65. The smallest absolute Gasteiger partial charge is 0.407 e. The zero-order chi connectivity index (χ0) is 19.1. The SMILES string of the molecule is CCCNC[C@@H](O)[C@H](Cc1ccccc1)NC(=O)O[C@H]1COC2OCCC21. The first kappa shape index (κ1) is 20.1. The molecular weight excluding hydrogens is 348 g/mol. The maximum atomic E-state index is 12.5. The second kappa shape index (κ2) is 10.0. The highest BCUT2D eigenvalue weighted by Crippen LogP contribution is 2.32. The fourth-order valence-electron chi connectivity index (χ4n) is 3.59. The van der Waals surface area contributed by atoms with Gasteiger partial charge in [0.25, 0.3) is 0 Å². The Morgan fingerprint density at radius 2 is 2.15 bits per heavy atom. The van der Waals surface area contributed by atoms with E-state index in [-0.39, 0.29) is 18.3 Å². The summed E-state index contributed by atoms with van der Waals surface area (Å²) in [6.07, 6.45) is 0.550. The molecule has 2 aliphatic rings. The minimum Gasteiger partial charge on any atom is -0.443 e. The Balaban J connectivity index is 1.56. The summed E-state index contributed by atoms with van der Waals surface area (Å²) in [7, 11) is 0. The number of ether oxygens (including phenoxy) is 3. The van der Waals surface area contributed by atoms with Gasteiger partial charge in [0.05, 0.1) is 31.3 Å². The van der Waals surface area contributed by atoms with E-state index in [2.05, 4.69) is 17.6 Å². The Labute approximate surface area is 160 Å². The first-order chi connectivity index (χ1) is 13.2. The average molecular weight is 378 g/mol. The number of carbonyl (C=O) groups is 1. The maximum absolute atomic E-state index is 12.5. The van der Waals surface area contributed by atoms with Crippen molar-refractivity contribution in [2.24, 2.45) is 5.92 Å². The van der Waals surface area contributed by atoms with E-state index in [1.54, 1.807) is 0 Å². The van der Waals surface area contributed by atoms with E-state index in [1.165, 1.54) is 0 Å². The normalized spacial score (nSPS) is 26.4. The molecule has 0 aliphatic carbocycles. The third-order valence-corrected chi connectivity index (χ3v) is 5.09. The van der Waals surface area contributed by atoms with Gasteiger partial charge in [-0.3, -0.25) is 0 Å². The zero-order valence-electron chi connectivity index (χ0n) is 15.8. The minimum atomic E-state index is -0.716. The van der Waals surface area contributed by atoms with Gasteiger partial charge in [-0.15, -0.1) is 0 Å². The van der Waals surface area contributed by atoms with Gasteiger partial charge >= 0.3 is 6.09 Å². The first-order valence-corrected chi connectivity index (χ1v) is 9.80. The van der Waals surface area contributed by atoms with Gasteiger partial charge in [-0.2, -0.15) is 0 Å². The van der Waals surface area contributed by atoms with Crippen LogP contribution in [0.1, 0.15) is 25.3 Å². The molecule has 7 nitrogen and oxygen atoms in total. The molecule has 3 rings (SSSR count). The monoisotopic (exact) mass is 378 g/mol. The van der Waals surface area contributed by atoms with E-state index in [9.17, 15) is 9.90 Å². The lowest BCUT2D eigenvalue weighted by Crippen LogP contribution is -2.49. The molecule has 150 valence electrons. The van der Waals surface area contributed by atoms with Crippen molar-refractivity contribution >= 4 is 6.09 Å². The van der Waals surface area contributed by atoms with E-state index >= 15 is 0 Å². The fraction of sp³-hybridized carbons (Fsp3) is 0.650. The van der Waals surface area contributed by atoms with Crippen LogP contribution < -0.4 is 10.6 Å².